The van der Waals surface area contributed by atoms with Gasteiger partial charge in [0.25, 0.3) is 5.91 Å². The van der Waals surface area contributed by atoms with Crippen LogP contribution in [0.1, 0.15) is 25.8 Å². The Kier molecular flexibility index (Phi) is 5.81. The van der Waals surface area contributed by atoms with Crippen molar-refractivity contribution < 1.29 is 29.0 Å². The molecule has 0 aromatic heterocycles. The van der Waals surface area contributed by atoms with Gasteiger partial charge in [0.2, 0.25) is 5.91 Å². The van der Waals surface area contributed by atoms with Crippen molar-refractivity contribution in [3.8, 4) is 0 Å². The highest BCUT2D eigenvalue weighted by molar-refractivity contribution is 6.34. The van der Waals surface area contributed by atoms with Crippen LogP contribution < -0.4 is 4.90 Å². The summed E-state index contributed by atoms with van der Waals surface area (Å²) >= 11 is 6.53. The van der Waals surface area contributed by atoms with Crippen LogP contribution in [0.15, 0.2) is 42.5 Å². The number of halogens is 1. The Morgan fingerprint density at radius 2 is 1.94 bits per heavy atom. The zero-order chi connectivity index (χ0) is 25.1. The Morgan fingerprint density at radius 3 is 2.66 bits per heavy atom. The number of benzene rings is 1. The lowest BCUT2D eigenvalue weighted by atomic mass is 9.74. The van der Waals surface area contributed by atoms with Crippen LogP contribution in [0, 0.1) is 18.8 Å². The van der Waals surface area contributed by atoms with Gasteiger partial charge in [0, 0.05) is 6.54 Å². The molecule has 186 valence electrons. The molecule has 6 atom stereocenters. The molecule has 1 spiro atoms. The summed E-state index contributed by atoms with van der Waals surface area (Å²) in [5.41, 5.74) is -1.17. The number of carbonyl (C=O) groups excluding carboxylic acids is 3. The fourth-order valence-corrected chi connectivity index (χ4v) is 6.48. The van der Waals surface area contributed by atoms with Gasteiger partial charge in [-0.3, -0.25) is 14.4 Å². The minimum Gasteiger partial charge on any atom is -0.465 e. The van der Waals surface area contributed by atoms with Gasteiger partial charge in [-0.15, -0.1) is 0 Å². The molecule has 8 nitrogen and oxygen atoms in total. The summed E-state index contributed by atoms with van der Waals surface area (Å²) in [6.45, 7) is 5.39. The van der Waals surface area contributed by atoms with Gasteiger partial charge >= 0.3 is 5.97 Å². The first-order chi connectivity index (χ1) is 16.7. The number of aliphatic hydroxyl groups excluding tert-OH is 1. The monoisotopic (exact) mass is 500 g/mol. The fraction of sp³-hybridized carbons (Fsp3) is 0.500. The second-order valence-corrected chi connectivity index (χ2v) is 10.3. The first-order valence-corrected chi connectivity index (χ1v) is 12.3. The average Bonchev–Trinajstić information content (AvgIpc) is 3.14. The second-order valence-electron chi connectivity index (χ2n) is 9.89. The van der Waals surface area contributed by atoms with Crippen LogP contribution in [-0.4, -0.2) is 70.8 Å². The number of hydrogen-bond donors (Lipinski definition) is 1. The zero-order valence-electron chi connectivity index (χ0n) is 19.9. The van der Waals surface area contributed by atoms with Crippen molar-refractivity contribution in [3.63, 3.8) is 0 Å². The number of fused-ring (bicyclic) bond motifs is 2. The van der Waals surface area contributed by atoms with Crippen molar-refractivity contribution in [2.45, 2.75) is 50.5 Å². The summed E-state index contributed by atoms with van der Waals surface area (Å²) in [6, 6.07) is 3.63. The van der Waals surface area contributed by atoms with Crippen molar-refractivity contribution in [2.24, 2.45) is 11.8 Å². The van der Waals surface area contributed by atoms with E-state index in [2.05, 4.69) is 0 Å². The zero-order valence-corrected chi connectivity index (χ0v) is 20.7. The lowest BCUT2D eigenvalue weighted by molar-refractivity contribution is -0.160. The molecule has 0 radical (unpaired) electrons. The smallest absolute Gasteiger partial charge is 0.313 e. The van der Waals surface area contributed by atoms with Crippen LogP contribution in [0.2, 0.25) is 5.02 Å². The maximum absolute atomic E-state index is 14.3. The molecule has 2 saturated heterocycles. The third kappa shape index (κ3) is 3.37. The molecule has 2 amide bonds. The van der Waals surface area contributed by atoms with Gasteiger partial charge in [0.1, 0.15) is 17.6 Å². The highest BCUT2D eigenvalue weighted by atomic mass is 35.5. The van der Waals surface area contributed by atoms with Gasteiger partial charge in [-0.25, -0.2) is 0 Å². The third-order valence-corrected chi connectivity index (χ3v) is 7.96. The van der Waals surface area contributed by atoms with Gasteiger partial charge in [-0.1, -0.05) is 48.0 Å². The number of carbonyl (C=O) groups is 3. The lowest BCUT2D eigenvalue weighted by Gasteiger charge is -2.39. The van der Waals surface area contributed by atoms with E-state index in [9.17, 15) is 19.5 Å². The maximum atomic E-state index is 14.3. The summed E-state index contributed by atoms with van der Waals surface area (Å²) < 4.78 is 12.1. The Labute approximate surface area is 209 Å². The molecule has 1 N–H and O–H groups in total. The maximum Gasteiger partial charge on any atom is 0.313 e. The Hall–Kier alpha value is -2.68. The number of rotatable bonds is 3. The van der Waals surface area contributed by atoms with Gasteiger partial charge in [0.15, 0.2) is 0 Å². The first kappa shape index (κ1) is 24.0. The van der Waals surface area contributed by atoms with E-state index in [-0.39, 0.29) is 25.7 Å². The topological polar surface area (TPSA) is 96.4 Å². The summed E-state index contributed by atoms with van der Waals surface area (Å²) in [7, 11) is 0. The molecule has 0 bridgehead atoms. The molecule has 1 aromatic carbocycles. The molecule has 4 heterocycles. The summed E-state index contributed by atoms with van der Waals surface area (Å²) in [4.78, 5) is 44.5. The van der Waals surface area contributed by atoms with E-state index < -0.39 is 47.0 Å². The third-order valence-electron chi connectivity index (χ3n) is 7.66. The van der Waals surface area contributed by atoms with Crippen LogP contribution >= 0.6 is 11.6 Å². The van der Waals surface area contributed by atoms with E-state index >= 15 is 0 Å². The number of hydrogen-bond acceptors (Lipinski definition) is 6. The molecule has 0 aliphatic carbocycles. The normalized spacial score (nSPS) is 35.1. The van der Waals surface area contributed by atoms with Gasteiger partial charge in [0.05, 0.1) is 41.5 Å². The number of esters is 1. The highest BCUT2D eigenvalue weighted by Crippen LogP contribution is 2.57. The SMILES string of the molecule is Cc1cccc(Cl)c1N1CC=C[C@]23O[C@@]4(C)C=CCCOC(=O)[C@H]4[C@H]2C(=O)N([C@H](C)CO)C3C1=O. The van der Waals surface area contributed by atoms with E-state index in [0.717, 1.165) is 5.56 Å². The highest BCUT2D eigenvalue weighted by Gasteiger charge is 2.75. The number of amides is 2. The largest absolute Gasteiger partial charge is 0.465 e. The average molecular weight is 501 g/mol. The molecule has 4 aliphatic rings. The number of para-hydroxylation sites is 1. The number of ether oxygens (including phenoxy) is 2. The first-order valence-electron chi connectivity index (χ1n) is 11.9. The van der Waals surface area contributed by atoms with Crippen molar-refractivity contribution >= 4 is 35.1 Å². The second kappa shape index (κ2) is 8.47. The van der Waals surface area contributed by atoms with Crippen LogP contribution in [0.5, 0.6) is 0 Å². The van der Waals surface area contributed by atoms with Crippen LogP contribution in [0.4, 0.5) is 5.69 Å². The quantitative estimate of drug-likeness (QED) is 0.506. The van der Waals surface area contributed by atoms with E-state index in [4.69, 9.17) is 21.1 Å². The Balaban J connectivity index is 1.70. The van der Waals surface area contributed by atoms with Crippen LogP contribution in [0.25, 0.3) is 0 Å². The minimum absolute atomic E-state index is 0.213. The summed E-state index contributed by atoms with van der Waals surface area (Å²) in [6.07, 6.45) is 7.78. The predicted molar refractivity (Wildman–Crippen MR) is 129 cm³/mol. The van der Waals surface area contributed by atoms with E-state index in [1.165, 1.54) is 4.90 Å². The van der Waals surface area contributed by atoms with E-state index in [0.29, 0.717) is 17.1 Å². The van der Waals surface area contributed by atoms with E-state index in [1.807, 2.05) is 31.2 Å². The molecule has 0 saturated carbocycles. The van der Waals surface area contributed by atoms with Gasteiger partial charge in [-0.05, 0) is 38.8 Å². The summed E-state index contributed by atoms with van der Waals surface area (Å²) in [5, 5.41) is 10.4. The predicted octanol–water partition coefficient (Wildman–Crippen LogP) is 2.41. The molecular formula is C26H29ClN2O6. The number of aliphatic hydroxyl groups is 1. The number of nitrogens with zero attached hydrogens (tertiary/aromatic N) is 2. The van der Waals surface area contributed by atoms with Crippen LogP contribution in [-0.2, 0) is 23.9 Å². The minimum atomic E-state index is -1.41. The number of aryl methyl sites for hydroxylation is 1. The molecule has 9 heteroatoms. The molecule has 1 unspecified atom stereocenters. The van der Waals surface area contributed by atoms with Crippen LogP contribution in [0.3, 0.4) is 0 Å². The van der Waals surface area contributed by atoms with Crippen molar-refractivity contribution in [2.75, 3.05) is 24.7 Å². The van der Waals surface area contributed by atoms with E-state index in [1.54, 1.807) is 37.0 Å². The van der Waals surface area contributed by atoms with Crippen molar-refractivity contribution in [1.82, 2.24) is 4.90 Å². The molecular weight excluding hydrogens is 472 g/mol. The Bertz CT molecular complexity index is 1130. The number of likely N-dealkylation sites (tertiary alicyclic amines) is 1. The molecule has 4 aliphatic heterocycles. The molecule has 2 fully saturated rings. The van der Waals surface area contributed by atoms with Gasteiger partial charge in [-0.2, -0.15) is 0 Å². The fourth-order valence-electron chi connectivity index (χ4n) is 6.16. The number of cyclic esters (lactones) is 1. The van der Waals surface area contributed by atoms with Crippen molar-refractivity contribution in [3.05, 3.63) is 53.1 Å². The molecule has 35 heavy (non-hydrogen) atoms. The molecule has 5 rings (SSSR count). The Morgan fingerprint density at radius 1 is 1.17 bits per heavy atom. The van der Waals surface area contributed by atoms with Crippen molar-refractivity contribution in [1.29, 1.82) is 0 Å². The van der Waals surface area contributed by atoms with Gasteiger partial charge < -0.3 is 24.4 Å². The molecule has 1 aromatic rings. The summed E-state index contributed by atoms with van der Waals surface area (Å²) in [5.74, 6) is -3.22. The standard InChI is InChI=1S/C26H29ClN2O6/c1-15-8-6-9-17(27)20(15)28-12-7-11-26-18(22(31)29(16(2)14-30)21(26)23(28)32)19-24(33)34-13-5-4-10-25(19,3)35-26/h4,6-11,16,18-19,21,30H,5,12-14H2,1-3H3/t16-,18+,19-,21?,25+,26+/m1/s1. The lowest BCUT2D eigenvalue weighted by Crippen LogP contribution is -2.58. The number of anilines is 1.